The highest BCUT2D eigenvalue weighted by Gasteiger charge is 2.48. The maximum atomic E-state index is 14.7. The first kappa shape index (κ1) is 17.6. The first-order chi connectivity index (χ1) is 13.6. The SMILES string of the molecule is O=C1C(=O)N(c2ccccn2)C(c2ccccc2F)/C1=C(/O)c1ccccc1. The van der Waals surface area contributed by atoms with Crippen molar-refractivity contribution in [2.45, 2.75) is 6.04 Å². The van der Waals surface area contributed by atoms with E-state index in [0.717, 1.165) is 4.90 Å². The number of hydrogen-bond donors (Lipinski definition) is 1. The number of ketones is 1. The molecular weight excluding hydrogens is 359 g/mol. The molecule has 1 aliphatic heterocycles. The zero-order chi connectivity index (χ0) is 19.7. The van der Waals surface area contributed by atoms with Crippen LogP contribution in [0.4, 0.5) is 10.2 Å². The number of pyridine rings is 1. The second-order valence-corrected chi connectivity index (χ2v) is 6.24. The predicted octanol–water partition coefficient (Wildman–Crippen LogP) is 3.85. The van der Waals surface area contributed by atoms with Gasteiger partial charge in [-0.05, 0) is 18.2 Å². The van der Waals surface area contributed by atoms with Crippen LogP contribution in [0.3, 0.4) is 0 Å². The Bertz CT molecular complexity index is 1080. The van der Waals surface area contributed by atoms with E-state index in [1.807, 2.05) is 0 Å². The number of benzene rings is 2. The fraction of sp³-hybridized carbons (Fsp3) is 0.0455. The Hall–Kier alpha value is -3.80. The standard InChI is InChI=1S/C22H15FN2O3/c23-16-11-5-4-10-15(16)19-18(20(26)14-8-2-1-3-9-14)21(27)22(28)25(19)17-12-6-7-13-24-17/h1-13,19,26H/b20-18-. The van der Waals surface area contributed by atoms with Crippen molar-refractivity contribution in [2.75, 3.05) is 4.90 Å². The largest absolute Gasteiger partial charge is 0.507 e. The number of carbonyl (C=O) groups is 2. The highest BCUT2D eigenvalue weighted by atomic mass is 19.1. The van der Waals surface area contributed by atoms with Crippen molar-refractivity contribution in [3.63, 3.8) is 0 Å². The minimum Gasteiger partial charge on any atom is -0.507 e. The topological polar surface area (TPSA) is 70.5 Å². The van der Waals surface area contributed by atoms with Crippen molar-refractivity contribution >= 4 is 23.3 Å². The molecule has 1 fully saturated rings. The molecule has 5 nitrogen and oxygen atoms in total. The second-order valence-electron chi connectivity index (χ2n) is 6.24. The van der Waals surface area contributed by atoms with E-state index >= 15 is 0 Å². The van der Waals surface area contributed by atoms with Crippen molar-refractivity contribution < 1.29 is 19.1 Å². The zero-order valence-electron chi connectivity index (χ0n) is 14.6. The maximum absolute atomic E-state index is 14.7. The molecule has 3 aromatic rings. The van der Waals surface area contributed by atoms with Gasteiger partial charge in [0.25, 0.3) is 5.78 Å². The van der Waals surface area contributed by atoms with Crippen LogP contribution in [0.1, 0.15) is 17.2 Å². The summed E-state index contributed by atoms with van der Waals surface area (Å²) < 4.78 is 14.7. The molecule has 1 aromatic heterocycles. The molecule has 4 rings (SSSR count). The number of aromatic nitrogens is 1. The lowest BCUT2D eigenvalue weighted by molar-refractivity contribution is -0.132. The van der Waals surface area contributed by atoms with Crippen molar-refractivity contribution in [2.24, 2.45) is 0 Å². The molecular formula is C22H15FN2O3. The van der Waals surface area contributed by atoms with E-state index in [1.54, 1.807) is 54.6 Å². The molecule has 1 saturated heterocycles. The summed E-state index contributed by atoms with van der Waals surface area (Å²) in [5.74, 6) is -2.51. The van der Waals surface area contributed by atoms with Crippen molar-refractivity contribution in [3.8, 4) is 0 Å². The monoisotopic (exact) mass is 374 g/mol. The molecule has 0 aliphatic carbocycles. The van der Waals surface area contributed by atoms with Crippen LogP contribution in [0.5, 0.6) is 0 Å². The summed E-state index contributed by atoms with van der Waals surface area (Å²) in [4.78, 5) is 30.9. The Morgan fingerprint density at radius 1 is 0.929 bits per heavy atom. The number of rotatable bonds is 3. The number of aliphatic hydroxyl groups is 1. The number of anilines is 1. The molecule has 1 aliphatic rings. The van der Waals surface area contributed by atoms with Gasteiger partial charge in [0.05, 0.1) is 11.6 Å². The Morgan fingerprint density at radius 3 is 2.29 bits per heavy atom. The van der Waals surface area contributed by atoms with Gasteiger partial charge in [-0.1, -0.05) is 54.6 Å². The van der Waals surface area contributed by atoms with Gasteiger partial charge < -0.3 is 5.11 Å². The number of amides is 1. The van der Waals surface area contributed by atoms with Crippen LogP contribution in [0.25, 0.3) is 5.76 Å². The first-order valence-electron chi connectivity index (χ1n) is 8.61. The number of hydrogen-bond acceptors (Lipinski definition) is 4. The quantitative estimate of drug-likeness (QED) is 0.430. The predicted molar refractivity (Wildman–Crippen MR) is 102 cm³/mol. The number of halogens is 1. The van der Waals surface area contributed by atoms with Gasteiger partial charge in [-0.3, -0.25) is 14.5 Å². The van der Waals surface area contributed by atoms with Gasteiger partial charge in [0.1, 0.15) is 17.4 Å². The molecule has 1 amide bonds. The van der Waals surface area contributed by atoms with Gasteiger partial charge in [0.2, 0.25) is 0 Å². The van der Waals surface area contributed by atoms with E-state index in [-0.39, 0.29) is 22.7 Å². The summed E-state index contributed by atoms with van der Waals surface area (Å²) in [5.41, 5.74) is 0.291. The molecule has 0 radical (unpaired) electrons. The third kappa shape index (κ3) is 2.85. The Kier molecular flexibility index (Phi) is 4.45. The summed E-state index contributed by atoms with van der Waals surface area (Å²) in [7, 11) is 0. The molecule has 0 saturated carbocycles. The normalized spacial score (nSPS) is 18.5. The summed E-state index contributed by atoms with van der Waals surface area (Å²) >= 11 is 0. The Labute approximate surface area is 160 Å². The van der Waals surface area contributed by atoms with Crippen LogP contribution in [0.2, 0.25) is 0 Å². The minimum atomic E-state index is -1.13. The molecule has 28 heavy (non-hydrogen) atoms. The van der Waals surface area contributed by atoms with Gasteiger partial charge >= 0.3 is 5.91 Å². The maximum Gasteiger partial charge on any atom is 0.301 e. The van der Waals surface area contributed by atoms with Gasteiger partial charge in [-0.25, -0.2) is 9.37 Å². The molecule has 0 bridgehead atoms. The van der Waals surface area contributed by atoms with Gasteiger partial charge in [-0.2, -0.15) is 0 Å². The average molecular weight is 374 g/mol. The summed E-state index contributed by atoms with van der Waals surface area (Å²) in [6.45, 7) is 0. The molecule has 138 valence electrons. The van der Waals surface area contributed by atoms with Crippen molar-refractivity contribution in [1.29, 1.82) is 0 Å². The van der Waals surface area contributed by atoms with Crippen molar-refractivity contribution in [1.82, 2.24) is 4.98 Å². The van der Waals surface area contributed by atoms with Crippen LogP contribution in [0.15, 0.2) is 84.6 Å². The highest BCUT2D eigenvalue weighted by Crippen LogP contribution is 2.42. The van der Waals surface area contributed by atoms with Crippen LogP contribution in [-0.4, -0.2) is 21.8 Å². The summed E-state index contributed by atoms with van der Waals surface area (Å²) in [5, 5.41) is 10.8. The Morgan fingerprint density at radius 2 is 1.61 bits per heavy atom. The Balaban J connectivity index is 1.98. The summed E-state index contributed by atoms with van der Waals surface area (Å²) in [6, 6.07) is 18.0. The summed E-state index contributed by atoms with van der Waals surface area (Å²) in [6.07, 6.45) is 1.48. The van der Waals surface area contributed by atoms with Crippen LogP contribution in [-0.2, 0) is 9.59 Å². The van der Waals surface area contributed by atoms with E-state index in [0.29, 0.717) is 5.56 Å². The zero-order valence-corrected chi connectivity index (χ0v) is 14.6. The van der Waals surface area contributed by atoms with E-state index in [2.05, 4.69) is 4.98 Å². The lowest BCUT2D eigenvalue weighted by atomic mass is 9.95. The molecule has 1 atom stereocenters. The van der Waals surface area contributed by atoms with E-state index in [4.69, 9.17) is 0 Å². The van der Waals surface area contributed by atoms with Crippen LogP contribution >= 0.6 is 0 Å². The van der Waals surface area contributed by atoms with Crippen LogP contribution in [0, 0.1) is 5.82 Å². The lowest BCUT2D eigenvalue weighted by Gasteiger charge is -2.24. The van der Waals surface area contributed by atoms with Crippen LogP contribution < -0.4 is 4.90 Å². The molecule has 2 heterocycles. The third-order valence-electron chi connectivity index (χ3n) is 4.59. The second kappa shape index (κ2) is 7.08. The van der Waals surface area contributed by atoms with Gasteiger partial charge in [-0.15, -0.1) is 0 Å². The molecule has 6 heteroatoms. The molecule has 0 spiro atoms. The van der Waals surface area contributed by atoms with E-state index in [9.17, 15) is 19.1 Å². The minimum absolute atomic E-state index is 0.102. The van der Waals surface area contributed by atoms with Gasteiger partial charge in [0.15, 0.2) is 0 Å². The molecule has 1 unspecified atom stereocenters. The molecule has 1 N–H and O–H groups in total. The fourth-order valence-electron chi connectivity index (χ4n) is 3.31. The highest BCUT2D eigenvalue weighted by molar-refractivity contribution is 6.51. The number of Topliss-reactive ketones (excluding diaryl/α,β-unsaturated/α-hetero) is 1. The van der Waals surface area contributed by atoms with E-state index in [1.165, 1.54) is 24.4 Å². The number of aliphatic hydroxyl groups excluding tert-OH is 1. The lowest BCUT2D eigenvalue weighted by Crippen LogP contribution is -2.30. The number of nitrogens with zero attached hydrogens (tertiary/aromatic N) is 2. The smallest absolute Gasteiger partial charge is 0.301 e. The average Bonchev–Trinajstić information content (AvgIpc) is 3.00. The molecule has 2 aromatic carbocycles. The fourth-order valence-corrected chi connectivity index (χ4v) is 3.31. The van der Waals surface area contributed by atoms with Gasteiger partial charge in [0, 0.05) is 17.3 Å². The third-order valence-corrected chi connectivity index (χ3v) is 4.59. The number of carbonyl (C=O) groups excluding carboxylic acids is 2. The van der Waals surface area contributed by atoms with E-state index < -0.39 is 23.5 Å². The van der Waals surface area contributed by atoms with Crippen molar-refractivity contribution in [3.05, 3.63) is 102 Å². The first-order valence-corrected chi connectivity index (χ1v) is 8.61.